The number of halogens is 1. The van der Waals surface area contributed by atoms with E-state index in [-0.39, 0.29) is 5.97 Å². The quantitative estimate of drug-likeness (QED) is 0.646. The normalized spacial score (nSPS) is 10.3. The van der Waals surface area contributed by atoms with Crippen LogP contribution >= 0.6 is 11.6 Å². The molecule has 0 aliphatic carbocycles. The lowest BCUT2D eigenvalue weighted by atomic mass is 10.1. The third kappa shape index (κ3) is 5.84. The third-order valence-electron chi connectivity index (χ3n) is 2.86. The number of aryl methyl sites for hydroxylation is 1. The molecule has 1 aromatic rings. The Balaban J connectivity index is 2.90. The molecule has 1 aromatic carbocycles. The van der Waals surface area contributed by atoms with E-state index in [2.05, 4.69) is 4.74 Å². The van der Waals surface area contributed by atoms with Gasteiger partial charge in [-0.15, -0.1) is 0 Å². The van der Waals surface area contributed by atoms with Crippen molar-refractivity contribution in [3.63, 3.8) is 0 Å². The van der Waals surface area contributed by atoms with Crippen LogP contribution in [0, 0.1) is 0 Å². The van der Waals surface area contributed by atoms with Gasteiger partial charge in [-0.3, -0.25) is 4.79 Å². The first-order valence-corrected chi connectivity index (χ1v) is 7.65. The highest BCUT2D eigenvalue weighted by Gasteiger charge is 2.12. The molecule has 0 heterocycles. The molecule has 0 amide bonds. The smallest absolute Gasteiger partial charge is 0.305 e. The molecule has 0 unspecified atom stereocenters. The number of methoxy groups -OCH3 is 1. The molecule has 0 fully saturated rings. The van der Waals surface area contributed by atoms with Gasteiger partial charge in [0, 0.05) is 17.5 Å². The predicted molar refractivity (Wildman–Crippen MR) is 83.4 cm³/mol. The molecule has 0 atom stereocenters. The molecule has 21 heavy (non-hydrogen) atoms. The Bertz CT molecular complexity index is 460. The van der Waals surface area contributed by atoms with Crippen LogP contribution in [0.25, 0.3) is 0 Å². The average molecular weight is 315 g/mol. The Kier molecular flexibility index (Phi) is 7.98. The van der Waals surface area contributed by atoms with Crippen LogP contribution in [0.1, 0.15) is 38.7 Å². The van der Waals surface area contributed by atoms with Gasteiger partial charge in [0.1, 0.15) is 0 Å². The summed E-state index contributed by atoms with van der Waals surface area (Å²) >= 11 is 6.25. The van der Waals surface area contributed by atoms with Crippen LogP contribution in [0.15, 0.2) is 12.1 Å². The zero-order chi connectivity index (χ0) is 15.7. The summed E-state index contributed by atoms with van der Waals surface area (Å²) in [4.78, 5) is 11.2. The SMILES string of the molecule is CCCOc1cc(Cl)c(CCC(=O)OC)cc1OCCC. The molecule has 0 saturated heterocycles. The van der Waals surface area contributed by atoms with E-state index in [1.165, 1.54) is 7.11 Å². The highest BCUT2D eigenvalue weighted by atomic mass is 35.5. The second kappa shape index (κ2) is 9.50. The molecule has 1 rings (SSSR count). The molecule has 0 radical (unpaired) electrons. The lowest BCUT2D eigenvalue weighted by Gasteiger charge is -2.15. The van der Waals surface area contributed by atoms with Gasteiger partial charge in [0.05, 0.1) is 20.3 Å². The van der Waals surface area contributed by atoms with E-state index in [1.807, 2.05) is 19.9 Å². The molecule has 0 bridgehead atoms. The Morgan fingerprint density at radius 2 is 1.67 bits per heavy atom. The fraction of sp³-hybridized carbons (Fsp3) is 0.562. The molecule has 0 aliphatic heterocycles. The van der Waals surface area contributed by atoms with E-state index in [0.29, 0.717) is 42.6 Å². The number of rotatable bonds is 9. The summed E-state index contributed by atoms with van der Waals surface area (Å²) in [6.07, 6.45) is 2.63. The van der Waals surface area contributed by atoms with Crippen LogP contribution in [-0.4, -0.2) is 26.3 Å². The Hall–Kier alpha value is -1.42. The molecule has 0 aromatic heterocycles. The van der Waals surface area contributed by atoms with Crippen LogP contribution in [0.4, 0.5) is 0 Å². The minimum absolute atomic E-state index is 0.256. The third-order valence-corrected chi connectivity index (χ3v) is 3.21. The number of carbonyl (C=O) groups excluding carboxylic acids is 1. The van der Waals surface area contributed by atoms with Gasteiger partial charge >= 0.3 is 5.97 Å². The van der Waals surface area contributed by atoms with Crippen molar-refractivity contribution in [2.75, 3.05) is 20.3 Å². The van der Waals surface area contributed by atoms with Crippen molar-refractivity contribution in [2.45, 2.75) is 39.5 Å². The number of esters is 1. The first-order valence-electron chi connectivity index (χ1n) is 7.27. The second-order valence-corrected chi connectivity index (χ2v) is 5.07. The van der Waals surface area contributed by atoms with Crippen LogP contribution in [0.2, 0.25) is 5.02 Å². The van der Waals surface area contributed by atoms with Gasteiger partial charge in [-0.2, -0.15) is 0 Å². The first-order chi connectivity index (χ1) is 10.1. The molecule has 118 valence electrons. The van der Waals surface area contributed by atoms with E-state index in [0.717, 1.165) is 18.4 Å². The number of benzene rings is 1. The summed E-state index contributed by atoms with van der Waals surface area (Å²) in [6, 6.07) is 3.61. The van der Waals surface area contributed by atoms with Gasteiger partial charge in [-0.25, -0.2) is 0 Å². The van der Waals surface area contributed by atoms with Crippen LogP contribution in [0.3, 0.4) is 0 Å². The molecule has 0 N–H and O–H groups in total. The van der Waals surface area contributed by atoms with Crippen molar-refractivity contribution in [3.8, 4) is 11.5 Å². The van der Waals surface area contributed by atoms with Crippen molar-refractivity contribution < 1.29 is 19.0 Å². The van der Waals surface area contributed by atoms with Gasteiger partial charge in [-0.1, -0.05) is 25.4 Å². The Morgan fingerprint density at radius 1 is 1.10 bits per heavy atom. The van der Waals surface area contributed by atoms with Crippen LogP contribution in [0.5, 0.6) is 11.5 Å². The van der Waals surface area contributed by atoms with Gasteiger partial charge in [0.25, 0.3) is 0 Å². The number of carbonyl (C=O) groups is 1. The summed E-state index contributed by atoms with van der Waals surface area (Å²) < 4.78 is 16.0. The molecule has 0 aliphatic rings. The van der Waals surface area contributed by atoms with Gasteiger partial charge in [0.15, 0.2) is 11.5 Å². The summed E-state index contributed by atoms with van der Waals surface area (Å²) in [5.74, 6) is 1.07. The topological polar surface area (TPSA) is 44.8 Å². The Morgan fingerprint density at radius 3 is 2.19 bits per heavy atom. The van der Waals surface area contributed by atoms with Crippen molar-refractivity contribution in [2.24, 2.45) is 0 Å². The van der Waals surface area contributed by atoms with E-state index in [4.69, 9.17) is 21.1 Å². The zero-order valence-corrected chi connectivity index (χ0v) is 13.7. The highest BCUT2D eigenvalue weighted by Crippen LogP contribution is 2.34. The van der Waals surface area contributed by atoms with Crippen molar-refractivity contribution in [1.29, 1.82) is 0 Å². The Labute approximate surface area is 131 Å². The fourth-order valence-electron chi connectivity index (χ4n) is 1.76. The number of ether oxygens (including phenoxy) is 3. The number of hydrogen-bond donors (Lipinski definition) is 0. The fourth-order valence-corrected chi connectivity index (χ4v) is 2.01. The van der Waals surface area contributed by atoms with E-state index >= 15 is 0 Å². The van der Waals surface area contributed by atoms with E-state index < -0.39 is 0 Å². The summed E-state index contributed by atoms with van der Waals surface area (Å²) in [5.41, 5.74) is 0.858. The monoisotopic (exact) mass is 314 g/mol. The molecule has 0 spiro atoms. The lowest BCUT2D eigenvalue weighted by molar-refractivity contribution is -0.140. The van der Waals surface area contributed by atoms with Crippen molar-refractivity contribution in [1.82, 2.24) is 0 Å². The van der Waals surface area contributed by atoms with Gasteiger partial charge in [-0.05, 0) is 30.9 Å². The van der Waals surface area contributed by atoms with Crippen LogP contribution < -0.4 is 9.47 Å². The van der Waals surface area contributed by atoms with Crippen molar-refractivity contribution >= 4 is 17.6 Å². The summed E-state index contributed by atoms with van der Waals surface area (Å²) in [6.45, 7) is 5.31. The molecule has 5 heteroatoms. The summed E-state index contributed by atoms with van der Waals surface area (Å²) in [7, 11) is 1.38. The average Bonchev–Trinajstić information content (AvgIpc) is 2.50. The lowest BCUT2D eigenvalue weighted by Crippen LogP contribution is -2.05. The standard InChI is InChI=1S/C16H23ClO4/c1-4-8-20-14-10-12(6-7-16(18)19-3)13(17)11-15(14)21-9-5-2/h10-11H,4-9H2,1-3H3. The maximum absolute atomic E-state index is 11.2. The van der Waals surface area contributed by atoms with Crippen LogP contribution in [-0.2, 0) is 16.0 Å². The highest BCUT2D eigenvalue weighted by molar-refractivity contribution is 6.31. The minimum Gasteiger partial charge on any atom is -0.490 e. The molecule has 4 nitrogen and oxygen atoms in total. The first kappa shape index (κ1) is 17.6. The predicted octanol–water partition coefficient (Wildman–Crippen LogP) is 4.02. The van der Waals surface area contributed by atoms with Gasteiger partial charge in [0.2, 0.25) is 0 Å². The zero-order valence-electron chi connectivity index (χ0n) is 12.9. The maximum atomic E-state index is 11.2. The molecular weight excluding hydrogens is 292 g/mol. The van der Waals surface area contributed by atoms with E-state index in [9.17, 15) is 4.79 Å². The summed E-state index contributed by atoms with van der Waals surface area (Å²) in [5, 5.41) is 0.578. The number of hydrogen-bond acceptors (Lipinski definition) is 4. The van der Waals surface area contributed by atoms with Crippen molar-refractivity contribution in [3.05, 3.63) is 22.7 Å². The molecule has 0 saturated carbocycles. The van der Waals surface area contributed by atoms with E-state index in [1.54, 1.807) is 6.07 Å². The molecular formula is C16H23ClO4. The van der Waals surface area contributed by atoms with Gasteiger partial charge < -0.3 is 14.2 Å². The largest absolute Gasteiger partial charge is 0.490 e. The maximum Gasteiger partial charge on any atom is 0.305 e. The minimum atomic E-state index is -0.256. The second-order valence-electron chi connectivity index (χ2n) is 4.66.